The number of rotatable bonds is 6. The molecule has 0 aliphatic rings. The quantitative estimate of drug-likeness (QED) is 0.829. The van der Waals surface area contributed by atoms with Gasteiger partial charge in [0.25, 0.3) is 0 Å². The molecule has 0 aromatic heterocycles. The molecule has 0 atom stereocenters. The molecule has 0 heterocycles. The molecule has 0 saturated heterocycles. The monoisotopic (exact) mass is 312 g/mol. The van der Waals surface area contributed by atoms with Crippen molar-refractivity contribution in [3.8, 4) is 11.1 Å². The minimum Gasteiger partial charge on any atom is -0.478 e. The van der Waals surface area contributed by atoms with E-state index in [9.17, 15) is 19.8 Å². The first kappa shape index (κ1) is 16.7. The molecule has 0 amide bonds. The van der Waals surface area contributed by atoms with Gasteiger partial charge in [0.1, 0.15) is 0 Å². The number of hydrogen-bond donors (Lipinski definition) is 2. The summed E-state index contributed by atoms with van der Waals surface area (Å²) in [5.74, 6) is -2.24. The van der Waals surface area contributed by atoms with Crippen LogP contribution in [0, 0.1) is 6.92 Å². The summed E-state index contributed by atoms with van der Waals surface area (Å²) < 4.78 is 0. The minimum absolute atomic E-state index is 0.0145. The van der Waals surface area contributed by atoms with Crippen LogP contribution in [0.2, 0.25) is 0 Å². The van der Waals surface area contributed by atoms with E-state index in [1.165, 1.54) is 12.1 Å². The molecule has 0 fully saturated rings. The first-order chi connectivity index (χ1) is 11.0. The van der Waals surface area contributed by atoms with Gasteiger partial charge in [-0.05, 0) is 42.5 Å². The van der Waals surface area contributed by atoms with Crippen LogP contribution in [0.4, 0.5) is 0 Å². The fourth-order valence-corrected chi connectivity index (χ4v) is 2.72. The predicted molar refractivity (Wildman–Crippen MR) is 89.1 cm³/mol. The first-order valence-electron chi connectivity index (χ1n) is 7.65. The predicted octanol–water partition coefficient (Wildman–Crippen LogP) is 4.40. The highest BCUT2D eigenvalue weighted by atomic mass is 16.4. The Kier molecular flexibility index (Phi) is 5.16. The average Bonchev–Trinajstić information content (AvgIpc) is 2.52. The van der Waals surface area contributed by atoms with E-state index < -0.39 is 11.9 Å². The molecule has 4 nitrogen and oxygen atoms in total. The van der Waals surface area contributed by atoms with Crippen molar-refractivity contribution in [3.05, 3.63) is 58.7 Å². The van der Waals surface area contributed by atoms with Crippen LogP contribution in [-0.4, -0.2) is 22.2 Å². The van der Waals surface area contributed by atoms with Crippen LogP contribution in [-0.2, 0) is 6.42 Å². The second-order valence-corrected chi connectivity index (χ2v) is 5.59. The summed E-state index contributed by atoms with van der Waals surface area (Å²) in [6.45, 7) is 3.79. The molecule has 120 valence electrons. The van der Waals surface area contributed by atoms with Crippen LogP contribution in [0.1, 0.15) is 51.6 Å². The molecule has 0 spiro atoms. The highest BCUT2D eigenvalue weighted by molar-refractivity contribution is 6.05. The summed E-state index contributed by atoms with van der Waals surface area (Å²) in [6, 6.07) is 10.5. The van der Waals surface area contributed by atoms with Crippen molar-refractivity contribution < 1.29 is 19.8 Å². The molecule has 4 heteroatoms. The first-order valence-corrected chi connectivity index (χ1v) is 7.65. The topological polar surface area (TPSA) is 74.6 Å². The molecule has 0 radical (unpaired) electrons. The van der Waals surface area contributed by atoms with E-state index in [-0.39, 0.29) is 16.7 Å². The Morgan fingerprint density at radius 3 is 2.39 bits per heavy atom. The maximum absolute atomic E-state index is 11.7. The molecule has 2 aromatic rings. The van der Waals surface area contributed by atoms with Crippen molar-refractivity contribution in [2.75, 3.05) is 0 Å². The maximum Gasteiger partial charge on any atom is 0.336 e. The number of aryl methyl sites for hydroxylation is 2. The molecule has 0 saturated carbocycles. The Hall–Kier alpha value is -2.62. The van der Waals surface area contributed by atoms with Crippen LogP contribution in [0.3, 0.4) is 0 Å². The summed E-state index contributed by atoms with van der Waals surface area (Å²) in [7, 11) is 0. The molecular weight excluding hydrogens is 292 g/mol. The smallest absolute Gasteiger partial charge is 0.336 e. The van der Waals surface area contributed by atoms with E-state index in [0.29, 0.717) is 11.1 Å². The Morgan fingerprint density at radius 1 is 1.04 bits per heavy atom. The normalized spacial score (nSPS) is 10.5. The molecule has 0 aliphatic heterocycles. The van der Waals surface area contributed by atoms with Crippen LogP contribution in [0.25, 0.3) is 11.1 Å². The summed E-state index contributed by atoms with van der Waals surface area (Å²) in [5.41, 5.74) is 2.62. The maximum atomic E-state index is 11.7. The lowest BCUT2D eigenvalue weighted by molar-refractivity contribution is 0.0695. The molecule has 0 aliphatic carbocycles. The van der Waals surface area contributed by atoms with Gasteiger partial charge < -0.3 is 10.2 Å². The number of carboxylic acid groups (broad SMARTS) is 2. The number of hydrogen-bond acceptors (Lipinski definition) is 2. The lowest BCUT2D eigenvalue weighted by Crippen LogP contribution is -2.09. The molecule has 23 heavy (non-hydrogen) atoms. The van der Waals surface area contributed by atoms with Crippen molar-refractivity contribution in [2.45, 2.75) is 33.1 Å². The molecule has 2 N–H and O–H groups in total. The van der Waals surface area contributed by atoms with Gasteiger partial charge in [0, 0.05) is 5.56 Å². The third-order valence-corrected chi connectivity index (χ3v) is 3.89. The van der Waals surface area contributed by atoms with Crippen molar-refractivity contribution in [1.29, 1.82) is 0 Å². The molecule has 0 unspecified atom stereocenters. The third kappa shape index (κ3) is 3.59. The average molecular weight is 312 g/mol. The van der Waals surface area contributed by atoms with Crippen LogP contribution in [0.15, 0.2) is 36.4 Å². The van der Waals surface area contributed by atoms with E-state index in [1.807, 2.05) is 18.2 Å². The number of carbonyl (C=O) groups is 2. The Balaban J connectivity index is 2.68. The minimum atomic E-state index is -1.12. The summed E-state index contributed by atoms with van der Waals surface area (Å²) >= 11 is 0. The second-order valence-electron chi connectivity index (χ2n) is 5.59. The van der Waals surface area contributed by atoms with Gasteiger partial charge in [-0.1, -0.05) is 43.7 Å². The molecule has 0 bridgehead atoms. The third-order valence-electron chi connectivity index (χ3n) is 3.89. The standard InChI is InChI=1S/C19H20O4/c1-3-4-6-13-7-5-8-14(11-13)17-15(18(20)21)10-9-12(2)16(17)19(22)23/h5,7-11H,3-4,6H2,1-2H3,(H,20,21)(H,22,23). The van der Waals surface area contributed by atoms with Gasteiger partial charge >= 0.3 is 11.9 Å². The largest absolute Gasteiger partial charge is 0.478 e. The fourth-order valence-electron chi connectivity index (χ4n) is 2.72. The van der Waals surface area contributed by atoms with Gasteiger partial charge in [-0.15, -0.1) is 0 Å². The van der Waals surface area contributed by atoms with E-state index in [0.717, 1.165) is 24.8 Å². The Bertz CT molecular complexity index is 747. The van der Waals surface area contributed by atoms with Gasteiger partial charge in [-0.25, -0.2) is 9.59 Å². The van der Waals surface area contributed by atoms with Crippen LogP contribution < -0.4 is 0 Å². The fraction of sp³-hybridized carbons (Fsp3) is 0.263. The van der Waals surface area contributed by atoms with Gasteiger partial charge in [0.2, 0.25) is 0 Å². The lowest BCUT2D eigenvalue weighted by atomic mass is 9.90. The zero-order chi connectivity index (χ0) is 17.0. The van der Waals surface area contributed by atoms with Crippen molar-refractivity contribution in [3.63, 3.8) is 0 Å². The van der Waals surface area contributed by atoms with E-state index in [2.05, 4.69) is 6.92 Å². The van der Waals surface area contributed by atoms with Gasteiger partial charge in [-0.2, -0.15) is 0 Å². The number of unbranched alkanes of at least 4 members (excludes halogenated alkanes) is 1. The zero-order valence-electron chi connectivity index (χ0n) is 13.3. The van der Waals surface area contributed by atoms with Crippen LogP contribution in [0.5, 0.6) is 0 Å². The van der Waals surface area contributed by atoms with Gasteiger partial charge in [-0.3, -0.25) is 0 Å². The number of aromatic carboxylic acids is 2. The summed E-state index contributed by atoms with van der Waals surface area (Å²) in [5, 5.41) is 19.0. The van der Waals surface area contributed by atoms with E-state index in [4.69, 9.17) is 0 Å². The number of benzene rings is 2. The van der Waals surface area contributed by atoms with E-state index >= 15 is 0 Å². The molecular formula is C19H20O4. The zero-order valence-corrected chi connectivity index (χ0v) is 13.3. The van der Waals surface area contributed by atoms with Gasteiger partial charge in [0.15, 0.2) is 0 Å². The summed E-state index contributed by atoms with van der Waals surface area (Å²) in [4.78, 5) is 23.2. The van der Waals surface area contributed by atoms with Crippen molar-refractivity contribution in [2.24, 2.45) is 0 Å². The van der Waals surface area contributed by atoms with Gasteiger partial charge in [0.05, 0.1) is 11.1 Å². The molecule has 2 aromatic carbocycles. The Labute approximate surface area is 135 Å². The number of carboxylic acids is 2. The summed E-state index contributed by atoms with van der Waals surface area (Å²) in [6.07, 6.45) is 2.99. The van der Waals surface area contributed by atoms with Crippen LogP contribution >= 0.6 is 0 Å². The van der Waals surface area contributed by atoms with E-state index in [1.54, 1.807) is 13.0 Å². The van der Waals surface area contributed by atoms with Crippen molar-refractivity contribution >= 4 is 11.9 Å². The highest BCUT2D eigenvalue weighted by Crippen LogP contribution is 2.31. The second kappa shape index (κ2) is 7.09. The Morgan fingerprint density at radius 2 is 1.78 bits per heavy atom. The SMILES string of the molecule is CCCCc1cccc(-c2c(C(=O)O)ccc(C)c2C(=O)O)c1. The molecule has 2 rings (SSSR count). The highest BCUT2D eigenvalue weighted by Gasteiger charge is 2.22. The lowest BCUT2D eigenvalue weighted by Gasteiger charge is -2.14. The van der Waals surface area contributed by atoms with Crippen molar-refractivity contribution in [1.82, 2.24) is 0 Å².